The fraction of sp³-hybridized carbons (Fsp3) is 0.913. The van der Waals surface area contributed by atoms with E-state index < -0.39 is 0 Å². The average Bonchev–Trinajstić information content (AvgIpc) is 2.78. The van der Waals surface area contributed by atoms with Crippen LogP contribution in [0.5, 0.6) is 0 Å². The Morgan fingerprint density at radius 3 is 2.67 bits per heavy atom. The van der Waals surface area contributed by atoms with Gasteiger partial charge in [-0.05, 0) is 24.7 Å². The number of hydrogen-bond donors (Lipinski definition) is 2. The highest BCUT2D eigenvalue weighted by Gasteiger charge is 2.46. The molecule has 4 aliphatic rings. The van der Waals surface area contributed by atoms with Crippen molar-refractivity contribution in [3.8, 4) is 6.07 Å². The molecule has 0 radical (unpaired) electrons. The fourth-order valence-corrected chi connectivity index (χ4v) is 7.15. The molecule has 1 amide bonds. The summed E-state index contributed by atoms with van der Waals surface area (Å²) in [6.07, 6.45) is 10.3. The van der Waals surface area contributed by atoms with E-state index in [-0.39, 0.29) is 23.5 Å². The van der Waals surface area contributed by atoms with Crippen LogP contribution in [0, 0.1) is 29.1 Å². The molecule has 30 heavy (non-hydrogen) atoms. The minimum atomic E-state index is -0.00304. The Hall–Kier alpha value is -0.870. The fourth-order valence-electron chi connectivity index (χ4n) is 6.64. The van der Waals surface area contributed by atoms with Gasteiger partial charge < -0.3 is 10.2 Å². The number of carbonyl (C=O) groups is 1. The maximum atomic E-state index is 12.3. The van der Waals surface area contributed by atoms with Gasteiger partial charge in [-0.15, -0.1) is 11.6 Å². The summed E-state index contributed by atoms with van der Waals surface area (Å²) in [6, 6.07) is 2.81. The number of nitriles is 1. The molecule has 0 aromatic heterocycles. The van der Waals surface area contributed by atoms with E-state index in [1.807, 2.05) is 11.8 Å². The zero-order chi connectivity index (χ0) is 21.1. The molecule has 6 atom stereocenters. The van der Waals surface area contributed by atoms with Gasteiger partial charge >= 0.3 is 0 Å². The van der Waals surface area contributed by atoms with E-state index in [0.29, 0.717) is 30.7 Å². The summed E-state index contributed by atoms with van der Waals surface area (Å²) in [4.78, 5) is 16.8. The maximum Gasteiger partial charge on any atom is 0.222 e. The van der Waals surface area contributed by atoms with Gasteiger partial charge in [0.2, 0.25) is 5.91 Å². The van der Waals surface area contributed by atoms with Crippen LogP contribution >= 0.6 is 11.6 Å². The first-order valence-electron chi connectivity index (χ1n) is 12.1. The summed E-state index contributed by atoms with van der Waals surface area (Å²) >= 11 is 7.03. The number of nitrogens with one attached hydrogen (secondary N) is 2. The number of nitrogens with zero attached hydrogens (tertiary/aromatic N) is 3. The molecule has 2 aliphatic carbocycles. The quantitative estimate of drug-likeness (QED) is 0.664. The SMILES string of the molecule is CCC(=O)N1CCN(C2NCNC3CC(C4CCCCC4)C(Cl)CC32)CC1CC#N. The lowest BCUT2D eigenvalue weighted by molar-refractivity contribution is -0.137. The van der Waals surface area contributed by atoms with Crippen LogP contribution in [0.3, 0.4) is 0 Å². The zero-order valence-corrected chi connectivity index (χ0v) is 19.1. The molecule has 2 heterocycles. The number of piperazine rings is 1. The Bertz CT molecular complexity index is 634. The number of hydrogen-bond acceptors (Lipinski definition) is 5. The molecule has 6 unspecified atom stereocenters. The smallest absolute Gasteiger partial charge is 0.222 e. The molecule has 2 N–H and O–H groups in total. The molecular formula is C23H38ClN5O. The van der Waals surface area contributed by atoms with Crippen LogP contribution in [0.2, 0.25) is 0 Å². The van der Waals surface area contributed by atoms with Gasteiger partial charge in [0.1, 0.15) is 0 Å². The number of halogens is 1. The van der Waals surface area contributed by atoms with Crippen molar-refractivity contribution in [3.63, 3.8) is 0 Å². The molecule has 4 fully saturated rings. The van der Waals surface area contributed by atoms with Crippen LogP contribution in [0.15, 0.2) is 0 Å². The summed E-state index contributed by atoms with van der Waals surface area (Å²) in [5.74, 6) is 2.10. The second-order valence-electron chi connectivity index (χ2n) is 9.80. The maximum absolute atomic E-state index is 12.3. The Balaban J connectivity index is 1.43. The molecule has 4 rings (SSSR count). The molecule has 0 aromatic rings. The van der Waals surface area contributed by atoms with Crippen molar-refractivity contribution in [3.05, 3.63) is 0 Å². The average molecular weight is 436 g/mol. The van der Waals surface area contributed by atoms with E-state index in [0.717, 1.165) is 38.6 Å². The topological polar surface area (TPSA) is 71.4 Å². The number of alkyl halides is 1. The van der Waals surface area contributed by atoms with E-state index in [9.17, 15) is 10.1 Å². The molecule has 6 nitrogen and oxygen atoms in total. The van der Waals surface area contributed by atoms with Crippen LogP contribution in [0.25, 0.3) is 0 Å². The zero-order valence-electron chi connectivity index (χ0n) is 18.4. The standard InChI is InChI=1S/C23H38ClN5O/c1-2-22(30)29-11-10-28(14-17(29)8-9-25)23-19-12-20(24)18(13-21(19)26-15-27-23)16-6-4-3-5-7-16/h16-21,23,26-27H,2-8,10-15H2,1H3. The first-order valence-corrected chi connectivity index (χ1v) is 12.6. The Morgan fingerprint density at radius 2 is 1.93 bits per heavy atom. The molecule has 2 saturated carbocycles. The molecule has 7 heteroatoms. The first kappa shape index (κ1) is 22.3. The summed E-state index contributed by atoms with van der Waals surface area (Å²) < 4.78 is 0. The van der Waals surface area contributed by atoms with Gasteiger partial charge in [0.05, 0.1) is 24.7 Å². The molecule has 0 bridgehead atoms. The number of fused-ring (bicyclic) bond motifs is 1. The van der Waals surface area contributed by atoms with E-state index >= 15 is 0 Å². The van der Waals surface area contributed by atoms with E-state index in [1.165, 1.54) is 38.5 Å². The highest BCUT2D eigenvalue weighted by molar-refractivity contribution is 6.20. The van der Waals surface area contributed by atoms with Gasteiger partial charge in [-0.2, -0.15) is 5.26 Å². The third kappa shape index (κ3) is 4.65. The predicted octanol–water partition coefficient (Wildman–Crippen LogP) is 2.88. The van der Waals surface area contributed by atoms with Crippen LogP contribution in [-0.4, -0.2) is 65.6 Å². The lowest BCUT2D eigenvalue weighted by Crippen LogP contribution is -2.69. The van der Waals surface area contributed by atoms with Gasteiger partial charge in [0, 0.05) is 50.1 Å². The number of amides is 1. The van der Waals surface area contributed by atoms with Crippen LogP contribution in [-0.2, 0) is 4.79 Å². The van der Waals surface area contributed by atoms with Gasteiger partial charge in [-0.1, -0.05) is 39.0 Å². The van der Waals surface area contributed by atoms with Gasteiger partial charge in [-0.3, -0.25) is 15.0 Å². The van der Waals surface area contributed by atoms with Crippen molar-refractivity contribution in [1.82, 2.24) is 20.4 Å². The van der Waals surface area contributed by atoms with Gasteiger partial charge in [0.25, 0.3) is 0 Å². The molecule has 168 valence electrons. The lowest BCUT2D eigenvalue weighted by atomic mass is 9.67. The Labute approximate surface area is 186 Å². The molecule has 2 saturated heterocycles. The largest absolute Gasteiger partial charge is 0.336 e. The van der Waals surface area contributed by atoms with E-state index in [2.05, 4.69) is 21.6 Å². The van der Waals surface area contributed by atoms with Crippen molar-refractivity contribution in [2.45, 2.75) is 88.3 Å². The van der Waals surface area contributed by atoms with Crippen LogP contribution in [0.4, 0.5) is 0 Å². The summed E-state index contributed by atoms with van der Waals surface area (Å²) in [6.45, 7) is 5.10. The van der Waals surface area contributed by atoms with Crippen molar-refractivity contribution in [2.75, 3.05) is 26.3 Å². The van der Waals surface area contributed by atoms with Crippen molar-refractivity contribution < 1.29 is 4.79 Å². The minimum Gasteiger partial charge on any atom is -0.336 e. The van der Waals surface area contributed by atoms with E-state index in [4.69, 9.17) is 11.6 Å². The number of carbonyl (C=O) groups excluding carboxylic acids is 1. The summed E-state index contributed by atoms with van der Waals surface area (Å²) in [5.41, 5.74) is 0. The molecular weight excluding hydrogens is 398 g/mol. The highest BCUT2D eigenvalue weighted by atomic mass is 35.5. The van der Waals surface area contributed by atoms with E-state index in [1.54, 1.807) is 0 Å². The molecule has 0 spiro atoms. The van der Waals surface area contributed by atoms with Gasteiger partial charge in [-0.25, -0.2) is 0 Å². The first-order chi connectivity index (χ1) is 14.6. The predicted molar refractivity (Wildman–Crippen MR) is 119 cm³/mol. The monoisotopic (exact) mass is 435 g/mol. The van der Waals surface area contributed by atoms with Crippen molar-refractivity contribution in [1.29, 1.82) is 5.26 Å². The van der Waals surface area contributed by atoms with Crippen LogP contribution < -0.4 is 10.6 Å². The normalized spacial score (nSPS) is 38.6. The third-order valence-electron chi connectivity index (χ3n) is 8.20. The van der Waals surface area contributed by atoms with Crippen LogP contribution in [0.1, 0.15) is 64.7 Å². The second-order valence-corrected chi connectivity index (χ2v) is 10.4. The van der Waals surface area contributed by atoms with Crippen molar-refractivity contribution >= 4 is 17.5 Å². The Kier molecular flexibility index (Phi) is 7.57. The highest BCUT2D eigenvalue weighted by Crippen LogP contribution is 2.44. The molecule has 0 aromatic carbocycles. The Morgan fingerprint density at radius 1 is 1.13 bits per heavy atom. The summed E-state index contributed by atoms with van der Waals surface area (Å²) in [5, 5.41) is 17.0. The second kappa shape index (κ2) is 10.2. The van der Waals surface area contributed by atoms with Crippen molar-refractivity contribution in [2.24, 2.45) is 17.8 Å². The minimum absolute atomic E-state index is 0.00304. The lowest BCUT2D eigenvalue weighted by Gasteiger charge is -2.53. The third-order valence-corrected chi connectivity index (χ3v) is 8.70. The van der Waals surface area contributed by atoms with Gasteiger partial charge in [0.15, 0.2) is 0 Å². The molecule has 2 aliphatic heterocycles. The summed E-state index contributed by atoms with van der Waals surface area (Å²) in [7, 11) is 0. The number of rotatable bonds is 4.